The lowest BCUT2D eigenvalue weighted by molar-refractivity contribution is 0.341. The summed E-state index contributed by atoms with van der Waals surface area (Å²) >= 11 is 0. The molecule has 0 heterocycles. The van der Waals surface area contributed by atoms with E-state index < -0.39 is 0 Å². The van der Waals surface area contributed by atoms with Gasteiger partial charge >= 0.3 is 0 Å². The second kappa shape index (κ2) is 3.58. The molecule has 2 aromatic rings. The fourth-order valence-corrected chi connectivity index (χ4v) is 1.56. The van der Waals surface area contributed by atoms with Crippen LogP contribution in [0.15, 0.2) is 36.4 Å². The van der Waals surface area contributed by atoms with Gasteiger partial charge in [0.05, 0.1) is 6.61 Å². The molecule has 0 aromatic heterocycles. The molecule has 0 bridgehead atoms. The van der Waals surface area contributed by atoms with E-state index in [4.69, 9.17) is 10.5 Å². The van der Waals surface area contributed by atoms with E-state index >= 15 is 0 Å². The zero-order chi connectivity index (χ0) is 9.97. The topological polar surface area (TPSA) is 35.2 Å². The lowest BCUT2D eigenvalue weighted by Crippen LogP contribution is -1.94. The summed E-state index contributed by atoms with van der Waals surface area (Å²) in [6.07, 6.45) is 0. The minimum atomic E-state index is 0.664. The number of fused-ring (bicyclic) bond motifs is 1. The van der Waals surface area contributed by atoms with Crippen molar-refractivity contribution in [3.8, 4) is 5.75 Å². The van der Waals surface area contributed by atoms with E-state index in [-0.39, 0.29) is 0 Å². The summed E-state index contributed by atoms with van der Waals surface area (Å²) in [6, 6.07) is 11.9. The van der Waals surface area contributed by atoms with Crippen LogP contribution >= 0.6 is 0 Å². The lowest BCUT2D eigenvalue weighted by Gasteiger charge is -2.07. The summed E-state index contributed by atoms with van der Waals surface area (Å²) in [6.45, 7) is 2.63. The van der Waals surface area contributed by atoms with Gasteiger partial charge in [-0.05, 0) is 18.4 Å². The molecule has 0 radical (unpaired) electrons. The number of hydrogen-bond donors (Lipinski definition) is 1. The summed E-state index contributed by atoms with van der Waals surface area (Å²) < 4.78 is 5.41. The standard InChI is InChI=1S/C12H13NO/c1-2-14-10-7-9-5-3-4-6-11(9)12(13)8-10/h3-8H,2,13H2,1H3. The highest BCUT2D eigenvalue weighted by Gasteiger charge is 2.00. The summed E-state index contributed by atoms with van der Waals surface area (Å²) in [5.41, 5.74) is 6.68. The Kier molecular flexibility index (Phi) is 2.27. The summed E-state index contributed by atoms with van der Waals surface area (Å²) in [4.78, 5) is 0. The molecule has 0 aliphatic heterocycles. The van der Waals surface area contributed by atoms with Gasteiger partial charge in [0.15, 0.2) is 0 Å². The van der Waals surface area contributed by atoms with Crippen molar-refractivity contribution in [2.75, 3.05) is 12.3 Å². The van der Waals surface area contributed by atoms with Gasteiger partial charge in [-0.25, -0.2) is 0 Å². The van der Waals surface area contributed by atoms with Gasteiger partial charge in [-0.15, -0.1) is 0 Å². The lowest BCUT2D eigenvalue weighted by atomic mass is 10.1. The molecule has 0 atom stereocenters. The maximum atomic E-state index is 5.91. The van der Waals surface area contributed by atoms with Crippen molar-refractivity contribution in [3.63, 3.8) is 0 Å². The van der Waals surface area contributed by atoms with Crippen LogP contribution in [0.3, 0.4) is 0 Å². The van der Waals surface area contributed by atoms with E-state index in [1.807, 2.05) is 43.3 Å². The third-order valence-electron chi connectivity index (χ3n) is 2.18. The molecule has 2 heteroatoms. The first-order chi connectivity index (χ1) is 6.81. The van der Waals surface area contributed by atoms with Crippen molar-refractivity contribution in [3.05, 3.63) is 36.4 Å². The Morgan fingerprint density at radius 3 is 2.79 bits per heavy atom. The molecule has 2 N–H and O–H groups in total. The van der Waals surface area contributed by atoms with Gasteiger partial charge in [-0.1, -0.05) is 24.3 Å². The van der Waals surface area contributed by atoms with Gasteiger partial charge in [-0.2, -0.15) is 0 Å². The van der Waals surface area contributed by atoms with Gasteiger partial charge in [0.25, 0.3) is 0 Å². The van der Waals surface area contributed by atoms with Crippen LogP contribution in [0.25, 0.3) is 10.8 Å². The van der Waals surface area contributed by atoms with Crippen molar-refractivity contribution in [2.45, 2.75) is 6.92 Å². The zero-order valence-corrected chi connectivity index (χ0v) is 8.16. The quantitative estimate of drug-likeness (QED) is 0.734. The number of rotatable bonds is 2. The number of ether oxygens (including phenoxy) is 1. The summed E-state index contributed by atoms with van der Waals surface area (Å²) in [7, 11) is 0. The molecule has 0 unspecified atom stereocenters. The van der Waals surface area contributed by atoms with Crippen LogP contribution < -0.4 is 10.5 Å². The molecule has 0 saturated heterocycles. The predicted octanol–water partition coefficient (Wildman–Crippen LogP) is 2.82. The van der Waals surface area contributed by atoms with Gasteiger partial charge in [-0.3, -0.25) is 0 Å². The van der Waals surface area contributed by atoms with Gasteiger partial charge in [0.2, 0.25) is 0 Å². The Hall–Kier alpha value is -1.70. The van der Waals surface area contributed by atoms with Crippen molar-refractivity contribution in [1.82, 2.24) is 0 Å². The largest absolute Gasteiger partial charge is 0.494 e. The smallest absolute Gasteiger partial charge is 0.121 e. The van der Waals surface area contributed by atoms with E-state index in [9.17, 15) is 0 Å². The number of nitrogens with two attached hydrogens (primary N) is 1. The molecule has 0 aliphatic carbocycles. The van der Waals surface area contributed by atoms with Crippen LogP contribution in [0.1, 0.15) is 6.92 Å². The first-order valence-corrected chi connectivity index (χ1v) is 4.72. The molecular weight excluding hydrogens is 174 g/mol. The van der Waals surface area contributed by atoms with E-state index in [0.717, 1.165) is 22.2 Å². The monoisotopic (exact) mass is 187 g/mol. The average molecular weight is 187 g/mol. The highest BCUT2D eigenvalue weighted by atomic mass is 16.5. The van der Waals surface area contributed by atoms with E-state index in [0.29, 0.717) is 6.61 Å². The van der Waals surface area contributed by atoms with Gasteiger partial charge < -0.3 is 10.5 Å². The van der Waals surface area contributed by atoms with Crippen LogP contribution in [-0.4, -0.2) is 6.61 Å². The maximum absolute atomic E-state index is 5.91. The number of benzene rings is 2. The fraction of sp³-hybridized carbons (Fsp3) is 0.167. The minimum Gasteiger partial charge on any atom is -0.494 e. The number of anilines is 1. The van der Waals surface area contributed by atoms with Crippen molar-refractivity contribution >= 4 is 16.5 Å². The number of nitrogen functional groups attached to an aromatic ring is 1. The maximum Gasteiger partial charge on any atom is 0.121 e. The fourth-order valence-electron chi connectivity index (χ4n) is 1.56. The number of hydrogen-bond acceptors (Lipinski definition) is 2. The Labute approximate surface area is 83.3 Å². The predicted molar refractivity (Wildman–Crippen MR) is 59.5 cm³/mol. The molecule has 72 valence electrons. The van der Waals surface area contributed by atoms with Crippen LogP contribution in [0.4, 0.5) is 5.69 Å². The van der Waals surface area contributed by atoms with Gasteiger partial charge in [0, 0.05) is 17.1 Å². The third kappa shape index (κ3) is 1.51. The van der Waals surface area contributed by atoms with Crippen molar-refractivity contribution < 1.29 is 4.74 Å². The molecule has 14 heavy (non-hydrogen) atoms. The highest BCUT2D eigenvalue weighted by Crippen LogP contribution is 2.26. The molecular formula is C12H13NO. The van der Waals surface area contributed by atoms with Gasteiger partial charge in [0.1, 0.15) is 5.75 Å². The second-order valence-electron chi connectivity index (χ2n) is 3.17. The minimum absolute atomic E-state index is 0.664. The molecule has 0 amide bonds. The average Bonchev–Trinajstić information content (AvgIpc) is 2.18. The summed E-state index contributed by atoms with van der Waals surface area (Å²) in [5.74, 6) is 0.837. The van der Waals surface area contributed by atoms with Crippen molar-refractivity contribution in [1.29, 1.82) is 0 Å². The van der Waals surface area contributed by atoms with Crippen LogP contribution in [-0.2, 0) is 0 Å². The van der Waals surface area contributed by atoms with Crippen LogP contribution in [0.2, 0.25) is 0 Å². The molecule has 0 spiro atoms. The first-order valence-electron chi connectivity index (χ1n) is 4.72. The highest BCUT2D eigenvalue weighted by molar-refractivity contribution is 5.94. The molecule has 0 aliphatic rings. The van der Waals surface area contributed by atoms with Crippen LogP contribution in [0, 0.1) is 0 Å². The molecule has 0 saturated carbocycles. The Balaban J connectivity index is 2.60. The second-order valence-corrected chi connectivity index (χ2v) is 3.17. The first kappa shape index (κ1) is 8.88. The third-order valence-corrected chi connectivity index (χ3v) is 2.18. The van der Waals surface area contributed by atoms with Crippen molar-refractivity contribution in [2.24, 2.45) is 0 Å². The molecule has 0 fully saturated rings. The molecule has 2 aromatic carbocycles. The summed E-state index contributed by atoms with van der Waals surface area (Å²) in [5, 5.41) is 2.20. The molecule has 2 nitrogen and oxygen atoms in total. The van der Waals surface area contributed by atoms with Crippen LogP contribution in [0.5, 0.6) is 5.75 Å². The molecule has 2 rings (SSSR count). The Bertz CT molecular complexity index is 451. The SMILES string of the molecule is CCOc1cc(N)c2ccccc2c1. The Morgan fingerprint density at radius 2 is 2.00 bits per heavy atom. The van der Waals surface area contributed by atoms with E-state index in [1.165, 1.54) is 0 Å². The normalized spacial score (nSPS) is 10.4. The van der Waals surface area contributed by atoms with E-state index in [1.54, 1.807) is 0 Å². The van der Waals surface area contributed by atoms with E-state index in [2.05, 4.69) is 0 Å². The Morgan fingerprint density at radius 1 is 1.21 bits per heavy atom. The zero-order valence-electron chi connectivity index (χ0n) is 8.16.